The van der Waals surface area contributed by atoms with Crippen LogP contribution in [0.2, 0.25) is 10.0 Å². The van der Waals surface area contributed by atoms with E-state index in [2.05, 4.69) is 17.4 Å². The fourth-order valence-corrected chi connectivity index (χ4v) is 2.61. The number of aldehydes is 1. The lowest BCUT2D eigenvalue weighted by atomic mass is 10.1. The molecule has 2 aromatic rings. The van der Waals surface area contributed by atoms with Gasteiger partial charge in [-0.15, -0.1) is 0 Å². The molecule has 0 aliphatic carbocycles. The van der Waals surface area contributed by atoms with Crippen LogP contribution in [0.5, 0.6) is 0 Å². The number of carbonyl (C=O) groups excluding carboxylic acids is 1. The second-order valence-electron chi connectivity index (χ2n) is 5.25. The Labute approximate surface area is 141 Å². The summed E-state index contributed by atoms with van der Waals surface area (Å²) < 4.78 is 0. The minimum atomic E-state index is -0.141. The van der Waals surface area contributed by atoms with E-state index in [1.165, 1.54) is 5.56 Å². The number of hydrogen-bond donors (Lipinski definition) is 1. The van der Waals surface area contributed by atoms with E-state index in [0.29, 0.717) is 16.6 Å². The SMILES string of the molecule is O=C[C@@H](CCCc1ccccc1)NCc1ccc(Cl)c(Cl)c1. The van der Waals surface area contributed by atoms with E-state index in [1.807, 2.05) is 30.3 Å². The van der Waals surface area contributed by atoms with Gasteiger partial charge in [0.15, 0.2) is 0 Å². The van der Waals surface area contributed by atoms with Gasteiger partial charge in [-0.2, -0.15) is 0 Å². The van der Waals surface area contributed by atoms with E-state index in [4.69, 9.17) is 23.2 Å². The Balaban J connectivity index is 1.77. The molecular formula is C18H19Cl2NO. The van der Waals surface area contributed by atoms with Gasteiger partial charge in [-0.25, -0.2) is 0 Å². The smallest absolute Gasteiger partial charge is 0.136 e. The van der Waals surface area contributed by atoms with E-state index in [1.54, 1.807) is 6.07 Å². The maximum Gasteiger partial charge on any atom is 0.136 e. The van der Waals surface area contributed by atoms with Crippen LogP contribution in [-0.4, -0.2) is 12.3 Å². The van der Waals surface area contributed by atoms with Crippen molar-refractivity contribution in [1.29, 1.82) is 0 Å². The molecule has 0 spiro atoms. The largest absolute Gasteiger partial charge is 0.304 e. The summed E-state index contributed by atoms with van der Waals surface area (Å²) in [7, 11) is 0. The van der Waals surface area contributed by atoms with Crippen LogP contribution in [0.3, 0.4) is 0 Å². The zero-order chi connectivity index (χ0) is 15.8. The monoisotopic (exact) mass is 335 g/mol. The third kappa shape index (κ3) is 5.45. The molecule has 116 valence electrons. The predicted octanol–water partition coefficient (Wildman–Crippen LogP) is 4.67. The summed E-state index contributed by atoms with van der Waals surface area (Å²) in [5.74, 6) is 0. The van der Waals surface area contributed by atoms with Gasteiger partial charge < -0.3 is 10.1 Å². The van der Waals surface area contributed by atoms with Gasteiger partial charge in [-0.05, 0) is 42.5 Å². The van der Waals surface area contributed by atoms with Gasteiger partial charge in [0.25, 0.3) is 0 Å². The Hall–Kier alpha value is -1.35. The van der Waals surface area contributed by atoms with Gasteiger partial charge in [-0.3, -0.25) is 0 Å². The molecule has 0 amide bonds. The first-order valence-electron chi connectivity index (χ1n) is 7.35. The number of aryl methyl sites for hydroxylation is 1. The number of carbonyl (C=O) groups is 1. The molecule has 0 heterocycles. The topological polar surface area (TPSA) is 29.1 Å². The van der Waals surface area contributed by atoms with Crippen LogP contribution in [-0.2, 0) is 17.8 Å². The van der Waals surface area contributed by atoms with Gasteiger partial charge in [-0.1, -0.05) is 59.6 Å². The molecule has 22 heavy (non-hydrogen) atoms. The second-order valence-corrected chi connectivity index (χ2v) is 6.06. The lowest BCUT2D eigenvalue weighted by molar-refractivity contribution is -0.109. The number of nitrogens with one attached hydrogen (secondary N) is 1. The van der Waals surface area contributed by atoms with Crippen molar-refractivity contribution >= 4 is 29.5 Å². The highest BCUT2D eigenvalue weighted by Crippen LogP contribution is 2.22. The third-order valence-corrected chi connectivity index (χ3v) is 4.28. The first-order chi connectivity index (χ1) is 10.7. The number of rotatable bonds is 8. The summed E-state index contributed by atoms with van der Waals surface area (Å²) >= 11 is 11.9. The van der Waals surface area contributed by atoms with Crippen LogP contribution in [0.1, 0.15) is 24.0 Å². The van der Waals surface area contributed by atoms with E-state index < -0.39 is 0 Å². The fraction of sp³-hybridized carbons (Fsp3) is 0.278. The molecule has 0 unspecified atom stereocenters. The molecule has 0 fully saturated rings. The highest BCUT2D eigenvalue weighted by Gasteiger charge is 2.07. The van der Waals surface area contributed by atoms with Gasteiger partial charge in [0.2, 0.25) is 0 Å². The predicted molar refractivity (Wildman–Crippen MR) is 92.5 cm³/mol. The molecule has 0 radical (unpaired) electrons. The van der Waals surface area contributed by atoms with Crippen LogP contribution in [0, 0.1) is 0 Å². The Morgan fingerprint density at radius 3 is 2.45 bits per heavy atom. The molecule has 0 aliphatic rings. The fourth-order valence-electron chi connectivity index (χ4n) is 2.29. The molecule has 4 heteroatoms. The average Bonchev–Trinajstić information content (AvgIpc) is 2.55. The highest BCUT2D eigenvalue weighted by atomic mass is 35.5. The van der Waals surface area contributed by atoms with Crippen molar-refractivity contribution in [3.8, 4) is 0 Å². The van der Waals surface area contributed by atoms with Crippen LogP contribution < -0.4 is 5.32 Å². The van der Waals surface area contributed by atoms with Crippen LogP contribution in [0.4, 0.5) is 0 Å². The lowest BCUT2D eigenvalue weighted by Gasteiger charge is -2.13. The zero-order valence-electron chi connectivity index (χ0n) is 12.3. The normalized spacial score (nSPS) is 12.1. The van der Waals surface area contributed by atoms with Gasteiger partial charge in [0, 0.05) is 6.54 Å². The standard InChI is InChI=1S/C18H19Cl2NO/c19-17-10-9-15(11-18(17)20)12-21-16(13-22)8-4-7-14-5-2-1-3-6-14/h1-3,5-6,9-11,13,16,21H,4,7-8,12H2/t16-/m1/s1. The molecule has 0 bridgehead atoms. The summed E-state index contributed by atoms with van der Waals surface area (Å²) in [5.41, 5.74) is 2.32. The quantitative estimate of drug-likeness (QED) is 0.710. The first kappa shape index (κ1) is 17.0. The Kier molecular flexibility index (Phi) is 6.91. The van der Waals surface area contributed by atoms with Crippen molar-refractivity contribution in [2.75, 3.05) is 0 Å². The molecule has 2 rings (SSSR count). The average molecular weight is 336 g/mol. The summed E-state index contributed by atoms with van der Waals surface area (Å²) in [6.07, 6.45) is 3.75. The van der Waals surface area contributed by atoms with Crippen molar-refractivity contribution < 1.29 is 4.79 Å². The van der Waals surface area contributed by atoms with Crippen molar-refractivity contribution in [3.63, 3.8) is 0 Å². The Morgan fingerprint density at radius 1 is 1.00 bits per heavy atom. The molecule has 0 aromatic heterocycles. The van der Waals surface area contributed by atoms with Crippen LogP contribution >= 0.6 is 23.2 Å². The number of hydrogen-bond acceptors (Lipinski definition) is 2. The third-order valence-electron chi connectivity index (χ3n) is 3.54. The minimum absolute atomic E-state index is 0.141. The van der Waals surface area contributed by atoms with Gasteiger partial charge in [0.05, 0.1) is 16.1 Å². The first-order valence-corrected chi connectivity index (χ1v) is 8.11. The van der Waals surface area contributed by atoms with Gasteiger partial charge in [0.1, 0.15) is 6.29 Å². The molecule has 2 aromatic carbocycles. The number of benzene rings is 2. The molecular weight excluding hydrogens is 317 g/mol. The van der Waals surface area contributed by atoms with E-state index in [9.17, 15) is 4.79 Å². The van der Waals surface area contributed by atoms with Crippen LogP contribution in [0.15, 0.2) is 48.5 Å². The summed E-state index contributed by atoms with van der Waals surface area (Å²) in [5, 5.41) is 4.33. The summed E-state index contributed by atoms with van der Waals surface area (Å²) in [4.78, 5) is 11.2. The molecule has 2 nitrogen and oxygen atoms in total. The second kappa shape index (κ2) is 8.94. The molecule has 1 N–H and O–H groups in total. The minimum Gasteiger partial charge on any atom is -0.304 e. The summed E-state index contributed by atoms with van der Waals surface area (Å²) in [6, 6.07) is 15.7. The van der Waals surface area contributed by atoms with E-state index in [0.717, 1.165) is 31.1 Å². The molecule has 0 saturated carbocycles. The molecule has 0 saturated heterocycles. The van der Waals surface area contributed by atoms with Crippen molar-refractivity contribution in [2.45, 2.75) is 31.8 Å². The van der Waals surface area contributed by atoms with E-state index in [-0.39, 0.29) is 6.04 Å². The van der Waals surface area contributed by atoms with Crippen LogP contribution in [0.25, 0.3) is 0 Å². The van der Waals surface area contributed by atoms with Crippen molar-refractivity contribution in [1.82, 2.24) is 5.32 Å². The van der Waals surface area contributed by atoms with E-state index >= 15 is 0 Å². The maximum atomic E-state index is 11.2. The molecule has 1 atom stereocenters. The zero-order valence-corrected chi connectivity index (χ0v) is 13.8. The number of halogens is 2. The Bertz CT molecular complexity index is 601. The van der Waals surface area contributed by atoms with Gasteiger partial charge >= 0.3 is 0 Å². The highest BCUT2D eigenvalue weighted by molar-refractivity contribution is 6.42. The van der Waals surface area contributed by atoms with Crippen molar-refractivity contribution in [3.05, 3.63) is 69.7 Å². The van der Waals surface area contributed by atoms with Crippen molar-refractivity contribution in [2.24, 2.45) is 0 Å². The Morgan fingerprint density at radius 2 is 1.77 bits per heavy atom. The molecule has 0 aliphatic heterocycles. The maximum absolute atomic E-state index is 11.2. The lowest BCUT2D eigenvalue weighted by Crippen LogP contribution is -2.30. The summed E-state index contributed by atoms with van der Waals surface area (Å²) in [6.45, 7) is 0.603.